The third-order valence-electron chi connectivity index (χ3n) is 5.15. The van der Waals surface area contributed by atoms with Crippen LogP contribution in [0.3, 0.4) is 0 Å². The van der Waals surface area contributed by atoms with Gasteiger partial charge < -0.3 is 4.74 Å². The Bertz CT molecular complexity index is 429. The molecule has 0 aromatic rings. The zero-order valence-corrected chi connectivity index (χ0v) is 13.7. The fraction of sp³-hybridized carbons (Fsp3) is 0.833. The fourth-order valence-electron chi connectivity index (χ4n) is 4.26. The lowest BCUT2D eigenvalue weighted by Crippen LogP contribution is -2.53. The number of hydrogen-bond acceptors (Lipinski definition) is 2. The average Bonchev–Trinajstić information content (AvgIpc) is 2.88. The van der Waals surface area contributed by atoms with Crippen molar-refractivity contribution in [3.63, 3.8) is 0 Å². The molecule has 2 fully saturated rings. The maximum Gasteiger partial charge on any atom is 0.411 e. The minimum absolute atomic E-state index is 0.112. The van der Waals surface area contributed by atoms with Crippen LogP contribution in [0.1, 0.15) is 72.1 Å². The molecular formula is C18H29NO2. The maximum absolute atomic E-state index is 12.5. The first-order chi connectivity index (χ1) is 9.94. The van der Waals surface area contributed by atoms with E-state index in [1.165, 1.54) is 32.1 Å². The van der Waals surface area contributed by atoms with E-state index in [0.717, 1.165) is 25.2 Å². The predicted octanol–water partition coefficient (Wildman–Crippen LogP) is 4.66. The van der Waals surface area contributed by atoms with Crippen LogP contribution in [0.4, 0.5) is 4.79 Å². The second-order valence-corrected chi connectivity index (χ2v) is 7.97. The first-order valence-corrected chi connectivity index (χ1v) is 8.66. The Labute approximate surface area is 128 Å². The summed E-state index contributed by atoms with van der Waals surface area (Å²) in [6, 6.07) is 0.655. The van der Waals surface area contributed by atoms with Gasteiger partial charge in [-0.1, -0.05) is 24.5 Å². The van der Waals surface area contributed by atoms with Crippen LogP contribution < -0.4 is 0 Å². The number of nitrogens with zero attached hydrogens (tertiary/aromatic N) is 1. The number of rotatable bonds is 1. The van der Waals surface area contributed by atoms with Gasteiger partial charge in [0.15, 0.2) is 0 Å². The van der Waals surface area contributed by atoms with Crippen molar-refractivity contribution in [2.24, 2.45) is 5.92 Å². The Hall–Kier alpha value is -0.990. The van der Waals surface area contributed by atoms with Crippen LogP contribution >= 0.6 is 0 Å². The molecule has 0 aromatic heterocycles. The van der Waals surface area contributed by atoms with E-state index in [0.29, 0.717) is 6.04 Å². The van der Waals surface area contributed by atoms with E-state index in [-0.39, 0.29) is 12.1 Å². The smallest absolute Gasteiger partial charge is 0.411 e. The van der Waals surface area contributed by atoms with Gasteiger partial charge in [0.1, 0.15) is 5.60 Å². The quantitative estimate of drug-likeness (QED) is 0.657. The lowest BCUT2D eigenvalue weighted by atomic mass is 9.80. The molecular weight excluding hydrogens is 262 g/mol. The molecule has 2 atom stereocenters. The van der Waals surface area contributed by atoms with Crippen molar-refractivity contribution < 1.29 is 9.53 Å². The van der Waals surface area contributed by atoms with Crippen LogP contribution in [-0.4, -0.2) is 28.7 Å². The fourth-order valence-corrected chi connectivity index (χ4v) is 4.26. The molecule has 3 nitrogen and oxygen atoms in total. The lowest BCUT2D eigenvalue weighted by Gasteiger charge is -2.45. The molecule has 3 heteroatoms. The van der Waals surface area contributed by atoms with E-state index in [9.17, 15) is 4.79 Å². The van der Waals surface area contributed by atoms with Crippen LogP contribution in [0.5, 0.6) is 0 Å². The van der Waals surface area contributed by atoms with Crippen LogP contribution in [0.15, 0.2) is 11.6 Å². The summed E-state index contributed by atoms with van der Waals surface area (Å²) in [5, 5.41) is 0. The average molecular weight is 291 g/mol. The summed E-state index contributed by atoms with van der Waals surface area (Å²) in [6.45, 7) is 5.85. The van der Waals surface area contributed by atoms with Gasteiger partial charge in [-0.2, -0.15) is 0 Å². The zero-order chi connectivity index (χ0) is 15.0. The highest BCUT2D eigenvalue weighted by Gasteiger charge is 2.40. The molecule has 1 saturated carbocycles. The number of hydrogen-bond donors (Lipinski definition) is 0. The van der Waals surface area contributed by atoms with Crippen molar-refractivity contribution in [3.8, 4) is 0 Å². The van der Waals surface area contributed by atoms with Crippen molar-refractivity contribution in [2.45, 2.75) is 89.8 Å². The number of carbonyl (C=O) groups excluding carboxylic acids is 1. The van der Waals surface area contributed by atoms with Crippen molar-refractivity contribution in [2.75, 3.05) is 0 Å². The van der Waals surface area contributed by atoms with Gasteiger partial charge in [-0.05, 0) is 65.2 Å². The standard InChI is InChI=1S/C18H29NO2/c1-18(2,3)21-17(20)19-15-9-6-10-16(19)12-14(11-15)13-7-4-5-8-13/h11,13,15-16H,4-10,12H2,1-3H3. The monoisotopic (exact) mass is 291 g/mol. The van der Waals surface area contributed by atoms with Gasteiger partial charge >= 0.3 is 6.09 Å². The molecule has 0 spiro atoms. The van der Waals surface area contributed by atoms with E-state index in [1.807, 2.05) is 25.7 Å². The number of fused-ring (bicyclic) bond motifs is 2. The molecule has 0 radical (unpaired) electrons. The molecule has 0 N–H and O–H groups in total. The van der Waals surface area contributed by atoms with Crippen LogP contribution in [0, 0.1) is 5.92 Å². The highest BCUT2D eigenvalue weighted by molar-refractivity contribution is 5.70. The molecule has 3 aliphatic rings. The summed E-state index contributed by atoms with van der Waals surface area (Å²) in [5.74, 6) is 0.800. The molecule has 118 valence electrons. The van der Waals surface area contributed by atoms with Crippen molar-refractivity contribution in [1.82, 2.24) is 4.90 Å². The highest BCUT2D eigenvalue weighted by atomic mass is 16.6. The largest absolute Gasteiger partial charge is 0.444 e. The van der Waals surface area contributed by atoms with Crippen LogP contribution in [0.2, 0.25) is 0 Å². The minimum Gasteiger partial charge on any atom is -0.444 e. The maximum atomic E-state index is 12.5. The molecule has 1 aliphatic carbocycles. The van der Waals surface area contributed by atoms with E-state index in [2.05, 4.69) is 6.08 Å². The van der Waals surface area contributed by atoms with Gasteiger partial charge in [0.2, 0.25) is 0 Å². The number of carbonyl (C=O) groups is 1. The van der Waals surface area contributed by atoms with Crippen molar-refractivity contribution in [1.29, 1.82) is 0 Å². The number of ether oxygens (including phenoxy) is 1. The van der Waals surface area contributed by atoms with Crippen LogP contribution in [-0.2, 0) is 4.74 Å². The molecule has 2 heterocycles. The van der Waals surface area contributed by atoms with E-state index in [4.69, 9.17) is 4.74 Å². The summed E-state index contributed by atoms with van der Waals surface area (Å²) in [6.07, 6.45) is 12.3. The summed E-state index contributed by atoms with van der Waals surface area (Å²) < 4.78 is 5.63. The van der Waals surface area contributed by atoms with E-state index in [1.54, 1.807) is 5.57 Å². The topological polar surface area (TPSA) is 29.5 Å². The van der Waals surface area contributed by atoms with Gasteiger partial charge in [0.25, 0.3) is 0 Å². The molecule has 1 saturated heterocycles. The lowest BCUT2D eigenvalue weighted by molar-refractivity contribution is -0.00200. The molecule has 0 aromatic carbocycles. The van der Waals surface area contributed by atoms with E-state index < -0.39 is 5.60 Å². The molecule has 1 amide bonds. The Morgan fingerprint density at radius 3 is 2.48 bits per heavy atom. The third-order valence-corrected chi connectivity index (χ3v) is 5.15. The van der Waals surface area contributed by atoms with Gasteiger partial charge in [-0.3, -0.25) is 4.90 Å². The second-order valence-electron chi connectivity index (χ2n) is 7.97. The summed E-state index contributed by atoms with van der Waals surface area (Å²) >= 11 is 0. The third kappa shape index (κ3) is 3.27. The minimum atomic E-state index is -0.402. The molecule has 2 aliphatic heterocycles. The van der Waals surface area contributed by atoms with Gasteiger partial charge in [-0.25, -0.2) is 4.79 Å². The Morgan fingerprint density at radius 2 is 1.86 bits per heavy atom. The van der Waals surface area contributed by atoms with Crippen LogP contribution in [0.25, 0.3) is 0 Å². The van der Waals surface area contributed by atoms with Gasteiger partial charge in [0.05, 0.1) is 6.04 Å². The molecule has 3 rings (SSSR count). The molecule has 2 unspecified atom stereocenters. The number of piperidine rings is 1. The zero-order valence-electron chi connectivity index (χ0n) is 13.7. The molecule has 21 heavy (non-hydrogen) atoms. The first-order valence-electron chi connectivity index (χ1n) is 8.66. The summed E-state index contributed by atoms with van der Waals surface area (Å²) in [7, 11) is 0. The Balaban J connectivity index is 1.76. The summed E-state index contributed by atoms with van der Waals surface area (Å²) in [5.41, 5.74) is 1.24. The van der Waals surface area contributed by atoms with Gasteiger partial charge in [-0.15, -0.1) is 0 Å². The predicted molar refractivity (Wildman–Crippen MR) is 84.2 cm³/mol. The Kier molecular flexibility index (Phi) is 4.02. The van der Waals surface area contributed by atoms with E-state index >= 15 is 0 Å². The van der Waals surface area contributed by atoms with Crippen molar-refractivity contribution in [3.05, 3.63) is 11.6 Å². The molecule has 2 bridgehead atoms. The summed E-state index contributed by atoms with van der Waals surface area (Å²) in [4.78, 5) is 14.6. The Morgan fingerprint density at radius 1 is 1.14 bits per heavy atom. The van der Waals surface area contributed by atoms with Crippen molar-refractivity contribution >= 4 is 6.09 Å². The second kappa shape index (κ2) is 5.66. The first kappa shape index (κ1) is 14.9. The SMILES string of the molecule is CC(C)(C)OC(=O)N1C2C=C(C3CCCC3)CC1CCC2. The van der Waals surface area contributed by atoms with Gasteiger partial charge in [0, 0.05) is 6.04 Å². The normalized spacial score (nSPS) is 30.2. The number of amides is 1. The highest BCUT2D eigenvalue weighted by Crippen LogP contribution is 2.41.